The normalized spacial score (nSPS) is 13.9. The topological polar surface area (TPSA) is 17.1 Å². The van der Waals surface area contributed by atoms with Gasteiger partial charge in [0, 0.05) is 12.0 Å². The number of allylic oxidation sites excluding steroid dienone is 5. The van der Waals surface area contributed by atoms with Crippen molar-refractivity contribution in [1.82, 2.24) is 0 Å². The summed E-state index contributed by atoms with van der Waals surface area (Å²) in [6.45, 7) is 9.82. The zero-order valence-electron chi connectivity index (χ0n) is 12.8. The molecule has 0 bridgehead atoms. The quantitative estimate of drug-likeness (QED) is 0.670. The second-order valence-corrected chi connectivity index (χ2v) is 4.46. The van der Waals surface area contributed by atoms with Crippen molar-refractivity contribution in [3.8, 4) is 0 Å². The number of aryl methyl sites for hydroxylation is 1. The van der Waals surface area contributed by atoms with Crippen molar-refractivity contribution in [2.75, 3.05) is 0 Å². The number of carbonyl (C=O) groups excluding carboxylic acids is 1. The number of hydrogen-bond donors (Lipinski definition) is 0. The molecule has 0 N–H and O–H groups in total. The lowest BCUT2D eigenvalue weighted by Crippen LogP contribution is -1.92. The molecule has 0 saturated carbocycles. The number of rotatable bonds is 4. The molecule has 1 aliphatic carbocycles. The van der Waals surface area contributed by atoms with Crippen LogP contribution in [0.4, 0.5) is 0 Å². The van der Waals surface area contributed by atoms with Crippen molar-refractivity contribution in [2.45, 2.75) is 40.0 Å². The van der Waals surface area contributed by atoms with Crippen LogP contribution < -0.4 is 0 Å². The Morgan fingerprint density at radius 2 is 2.05 bits per heavy atom. The fraction of sp³-hybridized carbons (Fsp3) is 0.316. The molecule has 0 spiro atoms. The summed E-state index contributed by atoms with van der Waals surface area (Å²) in [6.07, 6.45) is 10.5. The summed E-state index contributed by atoms with van der Waals surface area (Å²) in [7, 11) is 0. The Morgan fingerprint density at radius 1 is 1.30 bits per heavy atom. The molecule has 0 amide bonds. The van der Waals surface area contributed by atoms with E-state index in [0.29, 0.717) is 6.42 Å². The summed E-state index contributed by atoms with van der Waals surface area (Å²) < 4.78 is 0. The van der Waals surface area contributed by atoms with Gasteiger partial charge >= 0.3 is 0 Å². The van der Waals surface area contributed by atoms with Gasteiger partial charge in [0.15, 0.2) is 5.78 Å². The second kappa shape index (κ2) is 8.31. The fourth-order valence-corrected chi connectivity index (χ4v) is 2.31. The van der Waals surface area contributed by atoms with Crippen molar-refractivity contribution >= 4 is 11.4 Å². The zero-order chi connectivity index (χ0) is 15.0. The first kappa shape index (κ1) is 16.2. The highest BCUT2D eigenvalue weighted by Crippen LogP contribution is 2.26. The number of hydrogen-bond acceptors (Lipinski definition) is 1. The summed E-state index contributed by atoms with van der Waals surface area (Å²) in [5.74, 6) is 0.277. The van der Waals surface area contributed by atoms with Gasteiger partial charge in [-0.2, -0.15) is 0 Å². The molecule has 0 atom stereocenters. The lowest BCUT2D eigenvalue weighted by Gasteiger charge is -2.05. The maximum atomic E-state index is 11.6. The highest BCUT2D eigenvalue weighted by molar-refractivity contribution is 6.00. The summed E-state index contributed by atoms with van der Waals surface area (Å²) in [5, 5.41) is 0. The fourth-order valence-electron chi connectivity index (χ4n) is 2.31. The van der Waals surface area contributed by atoms with E-state index in [1.54, 1.807) is 6.08 Å². The Hall–Kier alpha value is -1.89. The lowest BCUT2D eigenvalue weighted by atomic mass is 9.99. The molecule has 1 heteroatoms. The van der Waals surface area contributed by atoms with E-state index < -0.39 is 0 Å². The molecule has 1 aromatic rings. The van der Waals surface area contributed by atoms with E-state index in [4.69, 9.17) is 0 Å². The first-order valence-electron chi connectivity index (χ1n) is 7.42. The molecule has 20 heavy (non-hydrogen) atoms. The van der Waals surface area contributed by atoms with E-state index in [1.165, 1.54) is 16.7 Å². The van der Waals surface area contributed by atoms with Gasteiger partial charge in [0.2, 0.25) is 0 Å². The van der Waals surface area contributed by atoms with E-state index in [1.807, 2.05) is 32.1 Å². The maximum Gasteiger partial charge on any atom is 0.163 e. The molecule has 0 radical (unpaired) electrons. The predicted molar refractivity (Wildman–Crippen MR) is 88.0 cm³/mol. The third-order valence-electron chi connectivity index (χ3n) is 3.20. The van der Waals surface area contributed by atoms with Crippen LogP contribution in [0.3, 0.4) is 0 Å². The Bertz CT molecular complexity index is 533. The molecular formula is C19H24O. The molecule has 1 aromatic carbocycles. The summed E-state index contributed by atoms with van der Waals surface area (Å²) in [5.41, 5.74) is 4.47. The van der Waals surface area contributed by atoms with E-state index in [2.05, 4.69) is 31.7 Å². The van der Waals surface area contributed by atoms with Gasteiger partial charge in [0.25, 0.3) is 0 Å². The molecule has 0 heterocycles. The van der Waals surface area contributed by atoms with E-state index in [-0.39, 0.29) is 5.78 Å². The van der Waals surface area contributed by atoms with Crippen LogP contribution in [0.2, 0.25) is 0 Å². The molecule has 0 unspecified atom stereocenters. The average Bonchev–Trinajstić information content (AvgIpc) is 2.86. The molecule has 1 aliphatic rings. The van der Waals surface area contributed by atoms with E-state index in [9.17, 15) is 4.79 Å². The Balaban J connectivity index is 0.000000956. The predicted octanol–water partition coefficient (Wildman–Crippen LogP) is 5.38. The first-order valence-corrected chi connectivity index (χ1v) is 7.42. The first-order chi connectivity index (χ1) is 9.76. The highest BCUT2D eigenvalue weighted by atomic mass is 16.1. The number of benzene rings is 1. The van der Waals surface area contributed by atoms with Crippen LogP contribution in [0.15, 0.2) is 49.1 Å². The minimum Gasteiger partial charge on any atom is -0.294 e. The second-order valence-electron chi connectivity index (χ2n) is 4.46. The van der Waals surface area contributed by atoms with Gasteiger partial charge < -0.3 is 0 Å². The Labute approximate surface area is 122 Å². The van der Waals surface area contributed by atoms with Gasteiger partial charge in [0.05, 0.1) is 0 Å². The van der Waals surface area contributed by atoms with Crippen molar-refractivity contribution in [3.05, 3.63) is 65.8 Å². The molecule has 0 saturated heterocycles. The Morgan fingerprint density at radius 3 is 2.70 bits per heavy atom. The van der Waals surface area contributed by atoms with Gasteiger partial charge in [-0.15, -0.1) is 0 Å². The van der Waals surface area contributed by atoms with Gasteiger partial charge in [-0.25, -0.2) is 0 Å². The van der Waals surface area contributed by atoms with Crippen molar-refractivity contribution < 1.29 is 4.79 Å². The Kier molecular flexibility index (Phi) is 6.72. The molecule has 0 fully saturated rings. The summed E-state index contributed by atoms with van der Waals surface area (Å²) in [6, 6.07) is 6.15. The average molecular weight is 268 g/mol. The van der Waals surface area contributed by atoms with Gasteiger partial charge in [-0.1, -0.05) is 69.9 Å². The van der Waals surface area contributed by atoms with Crippen LogP contribution in [0, 0.1) is 0 Å². The standard InChI is InChI=1S/C17H18O.C2H6/c1-3-5-7-13(6-4-2)14-8-10-16-15(12-14)9-11-17(16)18;1-2/h3,5-8,10,12H,1,4,9,11H2,2H3;1-2H3/b7-5-,13-6+;. The van der Waals surface area contributed by atoms with E-state index in [0.717, 1.165) is 18.4 Å². The molecular weight excluding hydrogens is 244 g/mol. The van der Waals surface area contributed by atoms with E-state index >= 15 is 0 Å². The smallest absolute Gasteiger partial charge is 0.163 e. The van der Waals surface area contributed by atoms with Gasteiger partial charge in [0.1, 0.15) is 0 Å². The zero-order valence-corrected chi connectivity index (χ0v) is 12.8. The van der Waals surface area contributed by atoms with Crippen molar-refractivity contribution in [2.24, 2.45) is 0 Å². The third-order valence-corrected chi connectivity index (χ3v) is 3.20. The number of fused-ring (bicyclic) bond motifs is 1. The largest absolute Gasteiger partial charge is 0.294 e. The number of ketones is 1. The van der Waals surface area contributed by atoms with Crippen LogP contribution in [-0.2, 0) is 6.42 Å². The maximum absolute atomic E-state index is 11.6. The highest BCUT2D eigenvalue weighted by Gasteiger charge is 2.19. The minimum atomic E-state index is 0.277. The van der Waals surface area contributed by atoms with Crippen LogP contribution in [0.5, 0.6) is 0 Å². The summed E-state index contributed by atoms with van der Waals surface area (Å²) in [4.78, 5) is 11.6. The van der Waals surface area contributed by atoms with Crippen molar-refractivity contribution in [3.63, 3.8) is 0 Å². The third kappa shape index (κ3) is 3.80. The monoisotopic (exact) mass is 268 g/mol. The van der Waals surface area contributed by atoms with Crippen LogP contribution in [-0.4, -0.2) is 5.78 Å². The molecule has 0 aromatic heterocycles. The molecule has 0 aliphatic heterocycles. The number of carbonyl (C=O) groups is 1. The van der Waals surface area contributed by atoms with Gasteiger partial charge in [-0.3, -0.25) is 4.79 Å². The van der Waals surface area contributed by atoms with Crippen LogP contribution in [0.1, 0.15) is 55.1 Å². The number of Topliss-reactive ketones (excluding diaryl/α,β-unsaturated/α-hetero) is 1. The van der Waals surface area contributed by atoms with Gasteiger partial charge in [-0.05, 0) is 29.5 Å². The molecule has 106 valence electrons. The molecule has 1 nitrogen and oxygen atoms in total. The minimum absolute atomic E-state index is 0.277. The van der Waals surface area contributed by atoms with Crippen LogP contribution >= 0.6 is 0 Å². The SMILES string of the molecule is C=C/C=C\C(=C/CC)c1ccc2c(c1)CCC2=O.CC. The molecule has 2 rings (SSSR count). The van der Waals surface area contributed by atoms with Crippen molar-refractivity contribution in [1.29, 1.82) is 0 Å². The summed E-state index contributed by atoms with van der Waals surface area (Å²) >= 11 is 0. The van der Waals surface area contributed by atoms with Crippen LogP contribution in [0.25, 0.3) is 5.57 Å². The lowest BCUT2D eigenvalue weighted by molar-refractivity contribution is 0.0994.